The van der Waals surface area contributed by atoms with Gasteiger partial charge in [0.2, 0.25) is 0 Å². The summed E-state index contributed by atoms with van der Waals surface area (Å²) in [7, 11) is 0. The van der Waals surface area contributed by atoms with Gasteiger partial charge in [-0.25, -0.2) is 4.79 Å². The Labute approximate surface area is 148 Å². The number of esters is 1. The summed E-state index contributed by atoms with van der Waals surface area (Å²) in [5.74, 6) is -0.372. The second-order valence-electron chi connectivity index (χ2n) is 6.10. The first-order valence-corrected chi connectivity index (χ1v) is 8.11. The highest BCUT2D eigenvalue weighted by atomic mass is 16.6. The van der Waals surface area contributed by atoms with Crippen molar-refractivity contribution in [3.8, 4) is 5.75 Å². The number of aryl methyl sites for hydroxylation is 3. The van der Waals surface area contributed by atoms with Crippen molar-refractivity contribution in [3.63, 3.8) is 0 Å². The van der Waals surface area contributed by atoms with Gasteiger partial charge in [0.15, 0.2) is 12.7 Å². The maximum atomic E-state index is 12.1. The summed E-state index contributed by atoms with van der Waals surface area (Å²) in [5.41, 5.74) is 3.80. The standard InChI is InChI=1S/C20H23NO4/c1-13-6-5-7-17(9-13)21-20(23)16(4)25-19(22)12-24-18-10-14(2)8-15(3)11-18/h5-11,16H,12H2,1-4H3,(H,21,23). The van der Waals surface area contributed by atoms with E-state index in [1.807, 2.05) is 57.2 Å². The number of carbonyl (C=O) groups is 2. The highest BCUT2D eigenvalue weighted by Crippen LogP contribution is 2.16. The third-order valence-corrected chi connectivity index (χ3v) is 3.51. The van der Waals surface area contributed by atoms with Crippen LogP contribution < -0.4 is 10.1 Å². The van der Waals surface area contributed by atoms with E-state index >= 15 is 0 Å². The molecule has 2 rings (SSSR count). The minimum Gasteiger partial charge on any atom is -0.482 e. The van der Waals surface area contributed by atoms with Gasteiger partial charge in [-0.05, 0) is 68.7 Å². The lowest BCUT2D eigenvalue weighted by Gasteiger charge is -2.14. The van der Waals surface area contributed by atoms with Gasteiger partial charge in [-0.2, -0.15) is 0 Å². The van der Waals surface area contributed by atoms with Crippen LogP contribution in [-0.2, 0) is 14.3 Å². The molecule has 1 amide bonds. The number of hydrogen-bond donors (Lipinski definition) is 1. The fraction of sp³-hybridized carbons (Fsp3) is 0.300. The predicted octanol–water partition coefficient (Wildman–Crippen LogP) is 3.56. The lowest BCUT2D eigenvalue weighted by Crippen LogP contribution is -2.31. The molecule has 0 aliphatic heterocycles. The lowest BCUT2D eigenvalue weighted by molar-refractivity contribution is -0.155. The largest absolute Gasteiger partial charge is 0.482 e. The second kappa shape index (κ2) is 8.33. The Balaban J connectivity index is 1.83. The monoisotopic (exact) mass is 341 g/mol. The van der Waals surface area contributed by atoms with Crippen LogP contribution in [0.3, 0.4) is 0 Å². The molecule has 1 N–H and O–H groups in total. The molecule has 2 aromatic rings. The van der Waals surface area contributed by atoms with Gasteiger partial charge in [0.1, 0.15) is 5.75 Å². The van der Waals surface area contributed by atoms with E-state index in [1.165, 1.54) is 6.92 Å². The van der Waals surface area contributed by atoms with Gasteiger partial charge in [0.05, 0.1) is 0 Å². The lowest BCUT2D eigenvalue weighted by atomic mass is 10.1. The van der Waals surface area contributed by atoms with Gasteiger partial charge < -0.3 is 14.8 Å². The molecule has 5 nitrogen and oxygen atoms in total. The van der Waals surface area contributed by atoms with Crippen LogP contribution in [-0.4, -0.2) is 24.6 Å². The van der Waals surface area contributed by atoms with Crippen molar-refractivity contribution in [2.75, 3.05) is 11.9 Å². The van der Waals surface area contributed by atoms with Crippen LogP contribution in [0.25, 0.3) is 0 Å². The Kier molecular flexibility index (Phi) is 6.17. The summed E-state index contributed by atoms with van der Waals surface area (Å²) in [6.45, 7) is 7.13. The molecule has 0 aromatic heterocycles. The molecule has 0 heterocycles. The summed E-state index contributed by atoms with van der Waals surface area (Å²) in [5, 5.41) is 2.72. The molecule has 2 aromatic carbocycles. The molecule has 132 valence electrons. The molecule has 0 saturated heterocycles. The van der Waals surface area contributed by atoms with Crippen molar-refractivity contribution in [1.29, 1.82) is 0 Å². The molecule has 1 atom stereocenters. The Morgan fingerprint density at radius 1 is 1.00 bits per heavy atom. The topological polar surface area (TPSA) is 64.6 Å². The van der Waals surface area contributed by atoms with Crippen LogP contribution in [0.1, 0.15) is 23.6 Å². The summed E-state index contributed by atoms with van der Waals surface area (Å²) in [6.07, 6.45) is -0.907. The summed E-state index contributed by atoms with van der Waals surface area (Å²) in [4.78, 5) is 24.0. The first-order chi connectivity index (χ1) is 11.8. The Hall–Kier alpha value is -2.82. The van der Waals surface area contributed by atoms with Crippen LogP contribution in [0.4, 0.5) is 5.69 Å². The van der Waals surface area contributed by atoms with Crippen LogP contribution >= 0.6 is 0 Å². The van der Waals surface area contributed by atoms with Crippen molar-refractivity contribution < 1.29 is 19.1 Å². The third kappa shape index (κ3) is 5.95. The highest BCUT2D eigenvalue weighted by Gasteiger charge is 2.18. The van der Waals surface area contributed by atoms with Crippen LogP contribution in [0.5, 0.6) is 5.75 Å². The number of rotatable bonds is 6. The molecule has 0 saturated carbocycles. The fourth-order valence-corrected chi connectivity index (χ4v) is 2.41. The fourth-order valence-electron chi connectivity index (χ4n) is 2.41. The van der Waals surface area contributed by atoms with Crippen LogP contribution in [0, 0.1) is 20.8 Å². The summed E-state index contributed by atoms with van der Waals surface area (Å²) < 4.78 is 10.6. The van der Waals surface area contributed by atoms with Crippen molar-refractivity contribution in [2.45, 2.75) is 33.8 Å². The molecule has 0 fully saturated rings. The first-order valence-electron chi connectivity index (χ1n) is 8.11. The minimum absolute atomic E-state index is 0.245. The molecule has 0 aliphatic carbocycles. The van der Waals surface area contributed by atoms with Gasteiger partial charge in [-0.3, -0.25) is 4.79 Å². The van der Waals surface area contributed by atoms with Gasteiger partial charge in [-0.15, -0.1) is 0 Å². The maximum Gasteiger partial charge on any atom is 0.344 e. The zero-order chi connectivity index (χ0) is 18.4. The van der Waals surface area contributed by atoms with Crippen molar-refractivity contribution >= 4 is 17.6 Å². The van der Waals surface area contributed by atoms with Gasteiger partial charge in [0, 0.05) is 5.69 Å². The van der Waals surface area contributed by atoms with Crippen LogP contribution in [0.2, 0.25) is 0 Å². The van der Waals surface area contributed by atoms with Gasteiger partial charge >= 0.3 is 5.97 Å². The number of anilines is 1. The smallest absolute Gasteiger partial charge is 0.344 e. The summed E-state index contributed by atoms with van der Waals surface area (Å²) in [6, 6.07) is 13.1. The van der Waals surface area contributed by atoms with Gasteiger partial charge in [0.25, 0.3) is 5.91 Å². The number of benzene rings is 2. The number of ether oxygens (including phenoxy) is 2. The van der Waals surface area contributed by atoms with Gasteiger partial charge in [-0.1, -0.05) is 18.2 Å². The Bertz CT molecular complexity index is 750. The zero-order valence-electron chi connectivity index (χ0n) is 15.0. The zero-order valence-corrected chi connectivity index (χ0v) is 15.0. The molecule has 0 bridgehead atoms. The normalized spacial score (nSPS) is 11.5. The number of carbonyl (C=O) groups excluding carboxylic acids is 2. The van der Waals surface area contributed by atoms with Crippen LogP contribution in [0.15, 0.2) is 42.5 Å². The molecule has 0 aliphatic rings. The number of hydrogen-bond acceptors (Lipinski definition) is 4. The number of nitrogens with one attached hydrogen (secondary N) is 1. The highest BCUT2D eigenvalue weighted by molar-refractivity contribution is 5.95. The molecule has 25 heavy (non-hydrogen) atoms. The number of amides is 1. The van der Waals surface area contributed by atoms with E-state index in [0.717, 1.165) is 16.7 Å². The average Bonchev–Trinajstić information content (AvgIpc) is 2.52. The molecule has 1 unspecified atom stereocenters. The molecule has 0 spiro atoms. The van der Waals surface area contributed by atoms with E-state index < -0.39 is 12.1 Å². The average molecular weight is 341 g/mol. The first kappa shape index (κ1) is 18.5. The quantitative estimate of drug-likeness (QED) is 0.816. The van der Waals surface area contributed by atoms with E-state index in [-0.39, 0.29) is 12.5 Å². The third-order valence-electron chi connectivity index (χ3n) is 3.51. The van der Waals surface area contributed by atoms with Crippen molar-refractivity contribution in [2.24, 2.45) is 0 Å². The van der Waals surface area contributed by atoms with E-state index in [2.05, 4.69) is 5.32 Å². The Morgan fingerprint density at radius 2 is 1.68 bits per heavy atom. The molecule has 0 radical (unpaired) electrons. The van der Waals surface area contributed by atoms with E-state index in [9.17, 15) is 9.59 Å². The SMILES string of the molecule is Cc1cccc(NC(=O)C(C)OC(=O)COc2cc(C)cc(C)c2)c1. The van der Waals surface area contributed by atoms with E-state index in [0.29, 0.717) is 11.4 Å². The summed E-state index contributed by atoms with van der Waals surface area (Å²) >= 11 is 0. The molecular formula is C20H23NO4. The van der Waals surface area contributed by atoms with E-state index in [1.54, 1.807) is 6.07 Å². The second-order valence-corrected chi connectivity index (χ2v) is 6.10. The van der Waals surface area contributed by atoms with Crippen molar-refractivity contribution in [3.05, 3.63) is 59.2 Å². The van der Waals surface area contributed by atoms with E-state index in [4.69, 9.17) is 9.47 Å². The minimum atomic E-state index is -0.907. The molecule has 5 heteroatoms. The molecular weight excluding hydrogens is 318 g/mol. The Morgan fingerprint density at radius 3 is 2.32 bits per heavy atom. The maximum absolute atomic E-state index is 12.1. The van der Waals surface area contributed by atoms with Crippen molar-refractivity contribution in [1.82, 2.24) is 0 Å². The predicted molar refractivity (Wildman–Crippen MR) is 96.8 cm³/mol.